The number of amides is 1. The molecule has 0 unspecified atom stereocenters. The van der Waals surface area contributed by atoms with Crippen molar-refractivity contribution in [2.45, 2.75) is 32.0 Å². The predicted octanol–water partition coefficient (Wildman–Crippen LogP) is 4.58. The standard InChI is InChI=1S/C21H19F3N4O/c1-20(2)11-12-27(20)19(29)17-25-18(14-7-4-3-5-8-14)28(26-17)16-10-6-9-15(13-16)21(22,23)24/h3-10,13H,11-12H2,1-2H3. The lowest BCUT2D eigenvalue weighted by Gasteiger charge is -2.47. The van der Waals surface area contributed by atoms with E-state index >= 15 is 0 Å². The number of nitrogens with zero attached hydrogens (tertiary/aromatic N) is 4. The van der Waals surface area contributed by atoms with Gasteiger partial charge in [0, 0.05) is 17.6 Å². The molecule has 8 heteroatoms. The Morgan fingerprint density at radius 3 is 2.38 bits per heavy atom. The van der Waals surface area contributed by atoms with Gasteiger partial charge in [-0.15, -0.1) is 5.10 Å². The minimum absolute atomic E-state index is 0.0333. The maximum absolute atomic E-state index is 13.2. The van der Waals surface area contributed by atoms with Crippen LogP contribution in [-0.2, 0) is 6.18 Å². The van der Waals surface area contributed by atoms with E-state index in [4.69, 9.17) is 0 Å². The third kappa shape index (κ3) is 3.50. The van der Waals surface area contributed by atoms with Crippen LogP contribution in [0.5, 0.6) is 0 Å². The van der Waals surface area contributed by atoms with E-state index in [2.05, 4.69) is 10.1 Å². The van der Waals surface area contributed by atoms with Gasteiger partial charge < -0.3 is 4.90 Å². The van der Waals surface area contributed by atoms with Gasteiger partial charge in [0.2, 0.25) is 5.82 Å². The maximum Gasteiger partial charge on any atom is 0.416 e. The van der Waals surface area contributed by atoms with Gasteiger partial charge in [-0.1, -0.05) is 36.4 Å². The van der Waals surface area contributed by atoms with Crippen LogP contribution in [0.4, 0.5) is 13.2 Å². The fourth-order valence-corrected chi connectivity index (χ4v) is 3.34. The predicted molar refractivity (Wildman–Crippen MR) is 102 cm³/mol. The van der Waals surface area contributed by atoms with E-state index in [0.29, 0.717) is 17.9 Å². The summed E-state index contributed by atoms with van der Waals surface area (Å²) in [6.07, 6.45) is -3.61. The molecule has 29 heavy (non-hydrogen) atoms. The normalized spacial score (nSPS) is 15.8. The first kappa shape index (κ1) is 19.2. The Balaban J connectivity index is 1.83. The summed E-state index contributed by atoms with van der Waals surface area (Å²) in [7, 11) is 0. The van der Waals surface area contributed by atoms with E-state index < -0.39 is 11.7 Å². The van der Waals surface area contributed by atoms with Crippen LogP contribution < -0.4 is 0 Å². The number of hydrogen-bond acceptors (Lipinski definition) is 3. The number of alkyl halides is 3. The molecule has 4 rings (SSSR count). The lowest BCUT2D eigenvalue weighted by molar-refractivity contribution is -0.137. The Morgan fingerprint density at radius 1 is 1.07 bits per heavy atom. The summed E-state index contributed by atoms with van der Waals surface area (Å²) < 4.78 is 40.8. The van der Waals surface area contributed by atoms with Gasteiger partial charge in [0.15, 0.2) is 5.82 Å². The van der Waals surface area contributed by atoms with Gasteiger partial charge >= 0.3 is 6.18 Å². The fourth-order valence-electron chi connectivity index (χ4n) is 3.34. The van der Waals surface area contributed by atoms with Gasteiger partial charge in [-0.05, 0) is 38.5 Å². The highest BCUT2D eigenvalue weighted by atomic mass is 19.4. The van der Waals surface area contributed by atoms with Gasteiger partial charge in [-0.25, -0.2) is 9.67 Å². The van der Waals surface area contributed by atoms with Crippen LogP contribution in [0.25, 0.3) is 17.1 Å². The van der Waals surface area contributed by atoms with Crippen LogP contribution in [0.1, 0.15) is 36.5 Å². The number of hydrogen-bond donors (Lipinski definition) is 0. The molecule has 0 aliphatic carbocycles. The number of likely N-dealkylation sites (tertiary alicyclic amines) is 1. The molecular weight excluding hydrogens is 381 g/mol. The Bertz CT molecular complexity index is 1060. The van der Waals surface area contributed by atoms with Crippen LogP contribution in [-0.4, -0.2) is 37.7 Å². The highest BCUT2D eigenvalue weighted by Gasteiger charge is 2.41. The minimum atomic E-state index is -4.48. The van der Waals surface area contributed by atoms with E-state index in [1.165, 1.54) is 16.8 Å². The van der Waals surface area contributed by atoms with Crippen molar-refractivity contribution in [1.29, 1.82) is 0 Å². The summed E-state index contributed by atoms with van der Waals surface area (Å²) in [5, 5.41) is 4.30. The first-order chi connectivity index (χ1) is 13.7. The van der Waals surface area contributed by atoms with Crippen LogP contribution in [0.2, 0.25) is 0 Å². The van der Waals surface area contributed by atoms with E-state index in [1.807, 2.05) is 19.9 Å². The second-order valence-electron chi connectivity index (χ2n) is 7.60. The van der Waals surface area contributed by atoms with Crippen LogP contribution in [0.3, 0.4) is 0 Å². The molecule has 1 aliphatic rings. The number of carbonyl (C=O) groups excluding carboxylic acids is 1. The van der Waals surface area contributed by atoms with Crippen molar-refractivity contribution in [2.75, 3.05) is 6.54 Å². The molecule has 0 spiro atoms. The van der Waals surface area contributed by atoms with Crippen molar-refractivity contribution < 1.29 is 18.0 Å². The molecule has 5 nitrogen and oxygen atoms in total. The molecule has 0 atom stereocenters. The Morgan fingerprint density at radius 2 is 1.79 bits per heavy atom. The summed E-state index contributed by atoms with van der Waals surface area (Å²) in [6.45, 7) is 4.51. The number of benzene rings is 2. The van der Waals surface area contributed by atoms with Crippen molar-refractivity contribution in [3.63, 3.8) is 0 Å². The number of carbonyl (C=O) groups is 1. The smallest absolute Gasteiger partial charge is 0.331 e. The third-order valence-corrected chi connectivity index (χ3v) is 5.17. The molecule has 150 valence electrons. The molecule has 1 aliphatic heterocycles. The lowest BCUT2D eigenvalue weighted by Crippen LogP contribution is -2.58. The quantitative estimate of drug-likeness (QED) is 0.647. The summed E-state index contributed by atoms with van der Waals surface area (Å²) in [4.78, 5) is 19.0. The fraction of sp³-hybridized carbons (Fsp3) is 0.286. The highest BCUT2D eigenvalue weighted by molar-refractivity contribution is 5.92. The molecule has 0 radical (unpaired) electrons. The molecule has 2 aromatic carbocycles. The molecule has 2 heterocycles. The molecular formula is C21H19F3N4O. The van der Waals surface area contributed by atoms with Gasteiger partial charge in [0.05, 0.1) is 11.3 Å². The Labute approximate surface area is 165 Å². The van der Waals surface area contributed by atoms with Crippen molar-refractivity contribution in [2.24, 2.45) is 0 Å². The minimum Gasteiger partial charge on any atom is -0.331 e. The average molecular weight is 400 g/mol. The monoisotopic (exact) mass is 400 g/mol. The second kappa shape index (κ2) is 6.72. The van der Waals surface area contributed by atoms with E-state index in [9.17, 15) is 18.0 Å². The SMILES string of the molecule is CC1(C)CCN1C(=O)c1nc(-c2ccccc2)n(-c2cccc(C(F)(F)F)c2)n1. The summed E-state index contributed by atoms with van der Waals surface area (Å²) >= 11 is 0. The average Bonchev–Trinajstić information content (AvgIpc) is 3.13. The van der Waals surface area contributed by atoms with Crippen molar-refractivity contribution >= 4 is 5.91 Å². The summed E-state index contributed by atoms with van der Waals surface area (Å²) in [5.41, 5.74) is -0.236. The third-order valence-electron chi connectivity index (χ3n) is 5.17. The van der Waals surface area contributed by atoms with Gasteiger partial charge in [0.1, 0.15) is 0 Å². The van der Waals surface area contributed by atoms with Gasteiger partial charge in [-0.3, -0.25) is 4.79 Å². The number of rotatable bonds is 3. The molecule has 3 aromatic rings. The molecule has 1 amide bonds. The topological polar surface area (TPSA) is 51.0 Å². The Kier molecular flexibility index (Phi) is 4.44. The molecule has 0 N–H and O–H groups in total. The summed E-state index contributed by atoms with van der Waals surface area (Å²) in [5.74, 6) is -0.0511. The first-order valence-corrected chi connectivity index (χ1v) is 9.19. The van der Waals surface area contributed by atoms with Gasteiger partial charge in [-0.2, -0.15) is 13.2 Å². The summed E-state index contributed by atoms with van der Waals surface area (Å²) in [6, 6.07) is 13.8. The van der Waals surface area contributed by atoms with Crippen LogP contribution >= 0.6 is 0 Å². The van der Waals surface area contributed by atoms with E-state index in [0.717, 1.165) is 18.6 Å². The Hall–Kier alpha value is -3.16. The van der Waals surface area contributed by atoms with Crippen molar-refractivity contribution in [1.82, 2.24) is 19.7 Å². The number of aromatic nitrogens is 3. The molecule has 1 fully saturated rings. The molecule has 1 aromatic heterocycles. The van der Waals surface area contributed by atoms with Crippen molar-refractivity contribution in [3.8, 4) is 17.1 Å². The molecule has 0 bridgehead atoms. The zero-order chi connectivity index (χ0) is 20.8. The molecule has 1 saturated heterocycles. The van der Waals surface area contributed by atoms with Crippen LogP contribution in [0.15, 0.2) is 54.6 Å². The largest absolute Gasteiger partial charge is 0.416 e. The van der Waals surface area contributed by atoms with Crippen molar-refractivity contribution in [3.05, 3.63) is 66.0 Å². The highest BCUT2D eigenvalue weighted by Crippen LogP contribution is 2.33. The van der Waals surface area contributed by atoms with Gasteiger partial charge in [0.25, 0.3) is 5.91 Å². The number of halogens is 3. The lowest BCUT2D eigenvalue weighted by atomic mass is 9.89. The zero-order valence-electron chi connectivity index (χ0n) is 15.9. The van der Waals surface area contributed by atoms with E-state index in [1.54, 1.807) is 29.2 Å². The van der Waals surface area contributed by atoms with Crippen LogP contribution in [0, 0.1) is 0 Å². The first-order valence-electron chi connectivity index (χ1n) is 9.19. The molecule has 0 saturated carbocycles. The second-order valence-corrected chi connectivity index (χ2v) is 7.60. The maximum atomic E-state index is 13.2. The van der Waals surface area contributed by atoms with E-state index in [-0.39, 0.29) is 23.0 Å². The zero-order valence-corrected chi connectivity index (χ0v) is 15.9.